The Kier molecular flexibility index (Phi) is 5.05. The van der Waals surface area contributed by atoms with Gasteiger partial charge in [0.2, 0.25) is 0 Å². The molecule has 1 amide bonds. The van der Waals surface area contributed by atoms with E-state index in [1.54, 1.807) is 6.07 Å². The van der Waals surface area contributed by atoms with Crippen LogP contribution < -0.4 is 10.6 Å². The number of amides is 1. The second kappa shape index (κ2) is 7.66. The topological polar surface area (TPSA) is 71.1 Å². The van der Waals surface area contributed by atoms with Crippen LogP contribution in [0.4, 0.5) is 5.82 Å². The third-order valence-electron chi connectivity index (χ3n) is 5.54. The quantitative estimate of drug-likeness (QED) is 0.826. The van der Waals surface area contributed by atoms with Crippen LogP contribution in [0.5, 0.6) is 0 Å². The molecule has 5 nitrogen and oxygen atoms in total. The molecule has 29 heavy (non-hydrogen) atoms. The van der Waals surface area contributed by atoms with Crippen molar-refractivity contribution in [3.8, 4) is 0 Å². The number of aryl methyl sites for hydroxylation is 1. The van der Waals surface area contributed by atoms with E-state index in [0.29, 0.717) is 23.7 Å². The first kappa shape index (κ1) is 19.1. The first-order valence-electron chi connectivity index (χ1n) is 9.98. The summed E-state index contributed by atoms with van der Waals surface area (Å²) in [7, 11) is 0. The summed E-state index contributed by atoms with van der Waals surface area (Å²) in [5.74, 6) is 0.305. The van der Waals surface area contributed by atoms with E-state index in [9.17, 15) is 9.59 Å². The zero-order valence-electron chi connectivity index (χ0n) is 17.0. The third-order valence-corrected chi connectivity index (χ3v) is 5.54. The maximum atomic E-state index is 13.3. The second-order valence-electron chi connectivity index (χ2n) is 7.95. The summed E-state index contributed by atoms with van der Waals surface area (Å²) in [5, 5.41) is 6.28. The molecule has 2 heterocycles. The molecule has 5 heteroatoms. The van der Waals surface area contributed by atoms with Gasteiger partial charge in [0.15, 0.2) is 5.78 Å². The average molecular weight is 387 g/mol. The second-order valence-corrected chi connectivity index (χ2v) is 7.95. The van der Waals surface area contributed by atoms with Crippen LogP contribution in [0.2, 0.25) is 0 Å². The molecule has 0 saturated carbocycles. The Hall–Kier alpha value is -3.21. The van der Waals surface area contributed by atoms with Crippen molar-refractivity contribution in [2.24, 2.45) is 5.92 Å². The summed E-state index contributed by atoms with van der Waals surface area (Å²) in [6.07, 6.45) is 1.33. The molecule has 1 aromatic heterocycles. The van der Waals surface area contributed by atoms with E-state index in [4.69, 9.17) is 0 Å². The molecular formula is C24H25N3O2. The molecule has 1 aromatic carbocycles. The fourth-order valence-corrected chi connectivity index (χ4v) is 4.31. The molecule has 2 N–H and O–H groups in total. The summed E-state index contributed by atoms with van der Waals surface area (Å²) < 4.78 is 0. The number of allylic oxidation sites excluding steroid dienone is 3. The molecule has 0 spiro atoms. The van der Waals surface area contributed by atoms with Crippen LogP contribution in [-0.2, 0) is 9.59 Å². The van der Waals surface area contributed by atoms with Crippen molar-refractivity contribution in [1.82, 2.24) is 10.3 Å². The summed E-state index contributed by atoms with van der Waals surface area (Å²) in [5.41, 5.74) is 4.81. The molecule has 148 valence electrons. The number of pyridine rings is 1. The van der Waals surface area contributed by atoms with E-state index in [0.717, 1.165) is 34.6 Å². The van der Waals surface area contributed by atoms with Gasteiger partial charge in [-0.2, -0.15) is 0 Å². The number of anilines is 1. The molecule has 0 radical (unpaired) electrons. The summed E-state index contributed by atoms with van der Waals surface area (Å²) >= 11 is 0. The Bertz CT molecular complexity index is 1040. The number of hydrogen-bond acceptors (Lipinski definition) is 4. The normalized spacial score (nSPS) is 21.6. The van der Waals surface area contributed by atoms with Gasteiger partial charge in [-0.05, 0) is 43.9 Å². The zero-order chi connectivity index (χ0) is 20.5. The highest BCUT2D eigenvalue weighted by Crippen LogP contribution is 2.43. The maximum Gasteiger partial charge on any atom is 0.255 e. The van der Waals surface area contributed by atoms with Crippen LogP contribution in [0.3, 0.4) is 0 Å². The minimum atomic E-state index is -0.378. The van der Waals surface area contributed by atoms with E-state index >= 15 is 0 Å². The third kappa shape index (κ3) is 3.73. The fraction of sp³-hybridized carbons (Fsp3) is 0.292. The highest BCUT2D eigenvalue weighted by molar-refractivity contribution is 6.09. The van der Waals surface area contributed by atoms with Gasteiger partial charge in [-0.15, -0.1) is 0 Å². The molecule has 0 unspecified atom stereocenters. The van der Waals surface area contributed by atoms with Crippen LogP contribution in [0.25, 0.3) is 0 Å². The van der Waals surface area contributed by atoms with Gasteiger partial charge in [-0.1, -0.05) is 43.3 Å². The van der Waals surface area contributed by atoms with E-state index in [-0.39, 0.29) is 17.6 Å². The number of benzene rings is 1. The number of nitrogens with zero attached hydrogens (tertiary/aromatic N) is 1. The van der Waals surface area contributed by atoms with Crippen LogP contribution in [0.15, 0.2) is 71.1 Å². The van der Waals surface area contributed by atoms with Gasteiger partial charge in [0.1, 0.15) is 5.82 Å². The molecule has 2 aromatic rings. The lowest BCUT2D eigenvalue weighted by Crippen LogP contribution is -2.37. The molecule has 1 aliphatic carbocycles. The number of rotatable bonds is 3. The van der Waals surface area contributed by atoms with Gasteiger partial charge in [-0.3, -0.25) is 9.59 Å². The van der Waals surface area contributed by atoms with Gasteiger partial charge in [0.05, 0.1) is 0 Å². The van der Waals surface area contributed by atoms with Crippen LogP contribution >= 0.6 is 0 Å². The Morgan fingerprint density at radius 1 is 1.07 bits per heavy atom. The zero-order valence-corrected chi connectivity index (χ0v) is 17.0. The number of ketones is 1. The Labute approximate surface area is 170 Å². The summed E-state index contributed by atoms with van der Waals surface area (Å²) in [4.78, 5) is 30.8. The number of hydrogen-bond donors (Lipinski definition) is 2. The highest BCUT2D eigenvalue weighted by atomic mass is 16.2. The molecule has 0 saturated heterocycles. The molecule has 0 fully saturated rings. The Morgan fingerprint density at radius 3 is 2.55 bits per heavy atom. The van der Waals surface area contributed by atoms with Crippen molar-refractivity contribution in [3.05, 3.63) is 82.3 Å². The Balaban J connectivity index is 1.78. The maximum absolute atomic E-state index is 13.3. The standard InChI is InChI=1S/C24H25N3O2/c1-14-12-18-23(19(28)13-14)22(17-9-5-4-6-10-17)21(16(3)26-18)24(29)27-20-11-7-8-15(2)25-20/h4-11,14,22,26H,12-13H2,1-3H3,(H,25,27,29)/t14-,22-/m0/s1. The van der Waals surface area contributed by atoms with Crippen LogP contribution in [0.1, 0.15) is 43.9 Å². The molecular weight excluding hydrogens is 362 g/mol. The average Bonchev–Trinajstić information content (AvgIpc) is 2.67. The first-order valence-corrected chi connectivity index (χ1v) is 9.98. The number of dihydropyridines is 1. The number of Topliss-reactive ketones (excluding diaryl/α,β-unsaturated/α-hetero) is 1. The summed E-state index contributed by atoms with van der Waals surface area (Å²) in [6, 6.07) is 15.3. The number of carbonyl (C=O) groups excluding carboxylic acids is 2. The van der Waals surface area contributed by atoms with E-state index in [1.807, 2.05) is 56.3 Å². The van der Waals surface area contributed by atoms with Gasteiger partial charge >= 0.3 is 0 Å². The number of nitrogens with one attached hydrogen (secondary N) is 2. The smallest absolute Gasteiger partial charge is 0.255 e. The van der Waals surface area contributed by atoms with Gasteiger partial charge < -0.3 is 10.6 Å². The van der Waals surface area contributed by atoms with Gasteiger partial charge in [0.25, 0.3) is 5.91 Å². The minimum Gasteiger partial charge on any atom is -0.362 e. The van der Waals surface area contributed by atoms with Crippen LogP contribution in [0, 0.1) is 12.8 Å². The van der Waals surface area contributed by atoms with Crippen molar-refractivity contribution in [2.75, 3.05) is 5.32 Å². The van der Waals surface area contributed by atoms with Crippen molar-refractivity contribution in [2.45, 2.75) is 39.5 Å². The number of carbonyl (C=O) groups is 2. The molecule has 1 aliphatic heterocycles. The predicted molar refractivity (Wildman–Crippen MR) is 113 cm³/mol. The SMILES string of the molecule is CC1=C(C(=O)Nc2cccc(C)n2)[C@H](c2ccccc2)C2=C(C[C@H](C)CC2=O)N1. The lowest BCUT2D eigenvalue weighted by molar-refractivity contribution is -0.117. The lowest BCUT2D eigenvalue weighted by Gasteiger charge is -2.36. The lowest BCUT2D eigenvalue weighted by atomic mass is 9.73. The fourth-order valence-electron chi connectivity index (χ4n) is 4.31. The monoisotopic (exact) mass is 387 g/mol. The van der Waals surface area contributed by atoms with Gasteiger partial charge in [-0.25, -0.2) is 4.98 Å². The molecule has 0 bridgehead atoms. The highest BCUT2D eigenvalue weighted by Gasteiger charge is 2.39. The largest absolute Gasteiger partial charge is 0.362 e. The van der Waals surface area contributed by atoms with Crippen molar-refractivity contribution in [3.63, 3.8) is 0 Å². The van der Waals surface area contributed by atoms with Crippen molar-refractivity contribution in [1.29, 1.82) is 0 Å². The summed E-state index contributed by atoms with van der Waals surface area (Å²) in [6.45, 7) is 5.88. The Morgan fingerprint density at radius 2 is 1.83 bits per heavy atom. The molecule has 2 aliphatic rings. The van der Waals surface area contributed by atoms with Crippen LogP contribution in [-0.4, -0.2) is 16.7 Å². The molecule has 4 rings (SSSR count). The predicted octanol–water partition coefficient (Wildman–Crippen LogP) is 4.24. The van der Waals surface area contributed by atoms with E-state index < -0.39 is 0 Å². The minimum absolute atomic E-state index is 0.117. The van der Waals surface area contributed by atoms with Crippen molar-refractivity contribution < 1.29 is 9.59 Å². The first-order chi connectivity index (χ1) is 13.9. The van der Waals surface area contributed by atoms with Crippen molar-refractivity contribution >= 4 is 17.5 Å². The van der Waals surface area contributed by atoms with E-state index in [2.05, 4.69) is 22.5 Å². The number of aromatic nitrogens is 1. The van der Waals surface area contributed by atoms with E-state index in [1.165, 1.54) is 0 Å². The van der Waals surface area contributed by atoms with Gasteiger partial charge in [0, 0.05) is 40.6 Å². The molecule has 2 atom stereocenters.